The van der Waals surface area contributed by atoms with Gasteiger partial charge in [0.1, 0.15) is 17.6 Å². The smallest absolute Gasteiger partial charge is 0.153 e. The Labute approximate surface area is 101 Å². The van der Waals surface area contributed by atoms with E-state index in [-0.39, 0.29) is 6.10 Å². The van der Waals surface area contributed by atoms with Crippen molar-refractivity contribution in [1.29, 1.82) is 0 Å². The lowest BCUT2D eigenvalue weighted by molar-refractivity contribution is 0.111. The van der Waals surface area contributed by atoms with Crippen LogP contribution < -0.4 is 9.47 Å². The molecule has 3 heteroatoms. The van der Waals surface area contributed by atoms with E-state index in [9.17, 15) is 4.79 Å². The van der Waals surface area contributed by atoms with E-state index in [2.05, 4.69) is 12.2 Å². The van der Waals surface area contributed by atoms with E-state index in [1.54, 1.807) is 25.3 Å². The molecule has 3 nitrogen and oxygen atoms in total. The molecule has 90 valence electrons. The highest BCUT2D eigenvalue weighted by atomic mass is 16.5. The molecule has 1 aromatic rings. The topological polar surface area (TPSA) is 35.5 Å². The molecule has 17 heavy (non-hydrogen) atoms. The van der Waals surface area contributed by atoms with E-state index >= 15 is 0 Å². The fraction of sp³-hybridized carbons (Fsp3) is 0.357. The zero-order valence-corrected chi connectivity index (χ0v) is 9.89. The van der Waals surface area contributed by atoms with Crippen LogP contribution in [0.15, 0.2) is 30.4 Å². The first-order valence-corrected chi connectivity index (χ1v) is 5.80. The number of ether oxygens (including phenoxy) is 2. The Morgan fingerprint density at radius 2 is 2.29 bits per heavy atom. The van der Waals surface area contributed by atoms with Crippen LogP contribution in [0.25, 0.3) is 0 Å². The van der Waals surface area contributed by atoms with Crippen LogP contribution in [0, 0.1) is 0 Å². The Bertz CT molecular complexity index is 423. The number of rotatable bonds is 4. The lowest BCUT2D eigenvalue weighted by Gasteiger charge is -2.19. The monoisotopic (exact) mass is 232 g/mol. The van der Waals surface area contributed by atoms with Crippen LogP contribution in [0.3, 0.4) is 0 Å². The Kier molecular flexibility index (Phi) is 3.81. The first-order chi connectivity index (χ1) is 8.33. The highest BCUT2D eigenvalue weighted by Crippen LogP contribution is 2.26. The van der Waals surface area contributed by atoms with Gasteiger partial charge in [0.2, 0.25) is 0 Å². The third-order valence-corrected chi connectivity index (χ3v) is 2.84. The third-order valence-electron chi connectivity index (χ3n) is 2.84. The minimum absolute atomic E-state index is 0.0644. The lowest BCUT2D eigenvalue weighted by Crippen LogP contribution is -2.16. The molecule has 0 fully saturated rings. The Hall–Kier alpha value is -1.77. The van der Waals surface area contributed by atoms with Crippen molar-refractivity contribution >= 4 is 6.29 Å². The molecule has 1 aromatic carbocycles. The van der Waals surface area contributed by atoms with Gasteiger partial charge >= 0.3 is 0 Å². The molecule has 1 atom stereocenters. The molecule has 0 amide bonds. The zero-order chi connectivity index (χ0) is 12.1. The first kappa shape index (κ1) is 11.7. The van der Waals surface area contributed by atoms with Crippen LogP contribution in [-0.4, -0.2) is 19.5 Å². The number of carbonyl (C=O) groups excluding carboxylic acids is 1. The molecule has 0 heterocycles. The van der Waals surface area contributed by atoms with E-state index in [0.717, 1.165) is 25.5 Å². The van der Waals surface area contributed by atoms with Gasteiger partial charge in [0, 0.05) is 6.07 Å². The van der Waals surface area contributed by atoms with Gasteiger partial charge < -0.3 is 9.47 Å². The lowest BCUT2D eigenvalue weighted by atomic mass is 10.1. The van der Waals surface area contributed by atoms with Crippen LogP contribution in [0.5, 0.6) is 11.5 Å². The maximum atomic E-state index is 10.9. The van der Waals surface area contributed by atoms with Crippen molar-refractivity contribution in [2.24, 2.45) is 0 Å². The van der Waals surface area contributed by atoms with Gasteiger partial charge in [0.05, 0.1) is 12.7 Å². The summed E-state index contributed by atoms with van der Waals surface area (Å²) in [5.41, 5.74) is 0.560. The van der Waals surface area contributed by atoms with Crippen molar-refractivity contribution in [2.45, 2.75) is 25.4 Å². The number of allylic oxidation sites excluding steroid dienone is 1. The molecule has 2 rings (SSSR count). The number of benzene rings is 1. The first-order valence-electron chi connectivity index (χ1n) is 5.80. The van der Waals surface area contributed by atoms with Crippen LogP contribution in [0.1, 0.15) is 29.6 Å². The maximum Gasteiger partial charge on any atom is 0.153 e. The third kappa shape index (κ3) is 2.87. The molecule has 0 N–H and O–H groups in total. The second kappa shape index (κ2) is 5.53. The van der Waals surface area contributed by atoms with Gasteiger partial charge in [-0.2, -0.15) is 0 Å². The van der Waals surface area contributed by atoms with Crippen LogP contribution in [-0.2, 0) is 0 Å². The SMILES string of the molecule is COc1ccc(C=O)c(OC2C=CCCC2)c1. The fourth-order valence-electron chi connectivity index (χ4n) is 1.88. The molecule has 0 radical (unpaired) electrons. The number of methoxy groups -OCH3 is 1. The highest BCUT2D eigenvalue weighted by molar-refractivity contribution is 5.79. The molecule has 0 saturated carbocycles. The van der Waals surface area contributed by atoms with Gasteiger partial charge in [-0.3, -0.25) is 4.79 Å². The van der Waals surface area contributed by atoms with E-state index in [1.807, 2.05) is 0 Å². The largest absolute Gasteiger partial charge is 0.497 e. The minimum Gasteiger partial charge on any atom is -0.497 e. The van der Waals surface area contributed by atoms with E-state index < -0.39 is 0 Å². The predicted octanol–water partition coefficient (Wildman–Crippen LogP) is 3.00. The Balaban J connectivity index is 2.19. The molecular formula is C14H16O3. The quantitative estimate of drug-likeness (QED) is 0.591. The number of hydrogen-bond acceptors (Lipinski definition) is 3. The molecule has 1 aliphatic carbocycles. The van der Waals surface area contributed by atoms with E-state index in [4.69, 9.17) is 9.47 Å². The summed E-state index contributed by atoms with van der Waals surface area (Å²) in [4.78, 5) is 10.9. The summed E-state index contributed by atoms with van der Waals surface area (Å²) in [6, 6.07) is 5.23. The standard InChI is InChI=1S/C14H16O3/c1-16-13-8-7-11(10-15)14(9-13)17-12-5-3-2-4-6-12/h3,5,7-10,12H,2,4,6H2,1H3. The molecule has 0 spiro atoms. The van der Waals surface area contributed by atoms with Crippen molar-refractivity contribution in [1.82, 2.24) is 0 Å². The van der Waals surface area contributed by atoms with Gasteiger partial charge in [0.25, 0.3) is 0 Å². The average molecular weight is 232 g/mol. The molecule has 0 saturated heterocycles. The summed E-state index contributed by atoms with van der Waals surface area (Å²) in [7, 11) is 1.60. The van der Waals surface area contributed by atoms with Gasteiger partial charge in [-0.05, 0) is 37.5 Å². The van der Waals surface area contributed by atoms with Gasteiger partial charge in [-0.15, -0.1) is 0 Å². The van der Waals surface area contributed by atoms with Gasteiger partial charge in [0.15, 0.2) is 6.29 Å². The van der Waals surface area contributed by atoms with Crippen molar-refractivity contribution in [2.75, 3.05) is 7.11 Å². The number of carbonyl (C=O) groups is 1. The van der Waals surface area contributed by atoms with Crippen molar-refractivity contribution in [3.8, 4) is 11.5 Å². The van der Waals surface area contributed by atoms with Crippen molar-refractivity contribution in [3.63, 3.8) is 0 Å². The second-order valence-electron chi connectivity index (χ2n) is 4.04. The molecular weight excluding hydrogens is 216 g/mol. The Morgan fingerprint density at radius 1 is 1.41 bits per heavy atom. The summed E-state index contributed by atoms with van der Waals surface area (Å²) < 4.78 is 11.0. The number of hydrogen-bond donors (Lipinski definition) is 0. The minimum atomic E-state index is 0.0644. The second-order valence-corrected chi connectivity index (χ2v) is 4.04. The molecule has 0 aliphatic heterocycles. The van der Waals surface area contributed by atoms with Crippen molar-refractivity contribution in [3.05, 3.63) is 35.9 Å². The highest BCUT2D eigenvalue weighted by Gasteiger charge is 2.13. The summed E-state index contributed by atoms with van der Waals surface area (Å²) >= 11 is 0. The summed E-state index contributed by atoms with van der Waals surface area (Å²) in [6.45, 7) is 0. The molecule has 0 aromatic heterocycles. The van der Waals surface area contributed by atoms with Crippen LogP contribution in [0.4, 0.5) is 0 Å². The van der Waals surface area contributed by atoms with Crippen molar-refractivity contribution < 1.29 is 14.3 Å². The maximum absolute atomic E-state index is 10.9. The van der Waals surface area contributed by atoms with Crippen LogP contribution in [0.2, 0.25) is 0 Å². The molecule has 1 aliphatic rings. The normalized spacial score (nSPS) is 18.8. The number of aldehydes is 1. The van der Waals surface area contributed by atoms with E-state index in [1.165, 1.54) is 0 Å². The molecule has 1 unspecified atom stereocenters. The predicted molar refractivity (Wildman–Crippen MR) is 65.8 cm³/mol. The average Bonchev–Trinajstić information content (AvgIpc) is 2.40. The Morgan fingerprint density at radius 3 is 2.94 bits per heavy atom. The summed E-state index contributed by atoms with van der Waals surface area (Å²) in [6.07, 6.45) is 8.27. The zero-order valence-electron chi connectivity index (χ0n) is 9.89. The van der Waals surface area contributed by atoms with Gasteiger partial charge in [-0.1, -0.05) is 6.08 Å². The fourth-order valence-corrected chi connectivity index (χ4v) is 1.88. The summed E-state index contributed by atoms with van der Waals surface area (Å²) in [5, 5.41) is 0. The molecule has 0 bridgehead atoms. The van der Waals surface area contributed by atoms with Gasteiger partial charge in [-0.25, -0.2) is 0 Å². The summed E-state index contributed by atoms with van der Waals surface area (Å²) in [5.74, 6) is 1.29. The van der Waals surface area contributed by atoms with E-state index in [0.29, 0.717) is 17.1 Å². The van der Waals surface area contributed by atoms with Crippen LogP contribution >= 0.6 is 0 Å².